The molecule has 3 rings (SSSR count). The molecule has 4 nitrogen and oxygen atoms in total. The lowest BCUT2D eigenvalue weighted by Crippen LogP contribution is -2.34. The van der Waals surface area contributed by atoms with E-state index in [1.807, 2.05) is 24.3 Å². The van der Waals surface area contributed by atoms with Gasteiger partial charge in [-0.25, -0.2) is 8.42 Å². The minimum absolute atomic E-state index is 0.193. The fourth-order valence-electron chi connectivity index (χ4n) is 3.13. The maximum atomic E-state index is 11.8. The summed E-state index contributed by atoms with van der Waals surface area (Å²) in [6.07, 6.45) is 6.54. The van der Waals surface area contributed by atoms with Crippen LogP contribution in [0.2, 0.25) is 0 Å². The quantitative estimate of drug-likeness (QED) is 0.877. The number of halogens is 1. The van der Waals surface area contributed by atoms with Crippen molar-refractivity contribution in [2.75, 3.05) is 11.6 Å². The Balaban J connectivity index is 1.85. The number of rotatable bonds is 3. The summed E-state index contributed by atoms with van der Waals surface area (Å²) in [5, 5.41) is 4.36. The van der Waals surface area contributed by atoms with Crippen LogP contribution in [0, 0.1) is 0 Å². The second kappa shape index (κ2) is 6.16. The summed E-state index contributed by atoms with van der Waals surface area (Å²) in [5.41, 5.74) is 1.95. The molecule has 0 aliphatic heterocycles. The second-order valence-electron chi connectivity index (χ2n) is 5.98. The predicted octanol–water partition coefficient (Wildman–Crippen LogP) is 3.77. The molecule has 1 fully saturated rings. The number of benzene rings is 1. The van der Waals surface area contributed by atoms with Crippen molar-refractivity contribution >= 4 is 42.4 Å². The molecule has 1 aromatic heterocycles. The molecule has 2 unspecified atom stereocenters. The van der Waals surface area contributed by atoms with E-state index in [-0.39, 0.29) is 11.3 Å². The van der Waals surface area contributed by atoms with Crippen molar-refractivity contribution < 1.29 is 8.42 Å². The predicted molar refractivity (Wildman–Crippen MR) is 94.0 cm³/mol. The molecular formula is C16H19BrN2O2S. The van der Waals surface area contributed by atoms with Crippen molar-refractivity contribution in [3.8, 4) is 0 Å². The van der Waals surface area contributed by atoms with Crippen LogP contribution < -0.4 is 5.32 Å². The van der Waals surface area contributed by atoms with Gasteiger partial charge in [-0.1, -0.05) is 22.4 Å². The van der Waals surface area contributed by atoms with E-state index in [1.54, 1.807) is 6.20 Å². The Morgan fingerprint density at radius 1 is 1.27 bits per heavy atom. The average Bonchev–Trinajstić information content (AvgIpc) is 2.47. The fourth-order valence-corrected chi connectivity index (χ4v) is 4.67. The van der Waals surface area contributed by atoms with Crippen LogP contribution in [0.1, 0.15) is 25.7 Å². The van der Waals surface area contributed by atoms with Crippen LogP contribution in [-0.4, -0.2) is 30.9 Å². The lowest BCUT2D eigenvalue weighted by Gasteiger charge is -2.29. The lowest BCUT2D eigenvalue weighted by molar-refractivity contribution is 0.453. The molecule has 2 aromatic rings. The molecular weight excluding hydrogens is 364 g/mol. The van der Waals surface area contributed by atoms with Crippen LogP contribution in [-0.2, 0) is 9.84 Å². The Bertz CT molecular complexity index is 792. The minimum atomic E-state index is -2.96. The zero-order valence-corrected chi connectivity index (χ0v) is 14.8. The van der Waals surface area contributed by atoms with E-state index in [0.29, 0.717) is 6.42 Å². The summed E-state index contributed by atoms with van der Waals surface area (Å²) in [6.45, 7) is 0. The van der Waals surface area contributed by atoms with E-state index in [1.165, 1.54) is 6.26 Å². The summed E-state index contributed by atoms with van der Waals surface area (Å²) < 4.78 is 24.6. The molecule has 0 saturated heterocycles. The van der Waals surface area contributed by atoms with Gasteiger partial charge >= 0.3 is 0 Å². The van der Waals surface area contributed by atoms with E-state index in [4.69, 9.17) is 0 Å². The number of nitrogens with zero attached hydrogens (tertiary/aromatic N) is 1. The Morgan fingerprint density at radius 2 is 2.09 bits per heavy atom. The molecule has 0 spiro atoms. The van der Waals surface area contributed by atoms with Crippen molar-refractivity contribution in [2.24, 2.45) is 0 Å². The molecule has 0 radical (unpaired) electrons. The van der Waals surface area contributed by atoms with Crippen molar-refractivity contribution in [2.45, 2.75) is 37.0 Å². The lowest BCUT2D eigenvalue weighted by atomic mass is 9.94. The van der Waals surface area contributed by atoms with E-state index >= 15 is 0 Å². The number of anilines is 1. The van der Waals surface area contributed by atoms with Crippen molar-refractivity contribution in [1.29, 1.82) is 0 Å². The monoisotopic (exact) mass is 382 g/mol. The Hall–Kier alpha value is -1.14. The Morgan fingerprint density at radius 3 is 2.86 bits per heavy atom. The van der Waals surface area contributed by atoms with Crippen LogP contribution in [0.5, 0.6) is 0 Å². The second-order valence-corrected chi connectivity index (χ2v) is 9.22. The summed E-state index contributed by atoms with van der Waals surface area (Å²) in [5.74, 6) is 0. The zero-order valence-electron chi connectivity index (χ0n) is 12.4. The van der Waals surface area contributed by atoms with Gasteiger partial charge in [0.25, 0.3) is 0 Å². The first-order valence-electron chi connectivity index (χ1n) is 7.43. The Labute approximate surface area is 139 Å². The largest absolute Gasteiger partial charge is 0.382 e. The van der Waals surface area contributed by atoms with Gasteiger partial charge in [-0.3, -0.25) is 4.98 Å². The molecule has 1 aliphatic carbocycles. The van der Waals surface area contributed by atoms with Gasteiger partial charge in [0.05, 0.1) is 10.8 Å². The number of fused-ring (bicyclic) bond motifs is 1. The summed E-state index contributed by atoms with van der Waals surface area (Å²) in [4.78, 5) is 4.37. The smallest absolute Gasteiger partial charge is 0.150 e. The molecule has 1 N–H and O–H groups in total. The highest BCUT2D eigenvalue weighted by Gasteiger charge is 2.28. The van der Waals surface area contributed by atoms with Crippen LogP contribution in [0.15, 0.2) is 34.9 Å². The maximum Gasteiger partial charge on any atom is 0.150 e. The standard InChI is InChI=1S/C16H19BrN2O2S/c1-22(20,21)13-4-2-3-12(10-13)19-16-7-8-18-15-6-5-11(17)9-14(15)16/h5-9,12-13H,2-4,10H2,1H3,(H,18,19). The third-order valence-corrected chi connectivity index (χ3v) is 6.43. The van der Waals surface area contributed by atoms with Crippen LogP contribution in [0.3, 0.4) is 0 Å². The van der Waals surface area contributed by atoms with E-state index in [2.05, 4.69) is 26.2 Å². The van der Waals surface area contributed by atoms with Crippen LogP contribution in [0.4, 0.5) is 5.69 Å². The fraction of sp³-hybridized carbons (Fsp3) is 0.438. The van der Waals surface area contributed by atoms with Gasteiger partial charge in [-0.15, -0.1) is 0 Å². The molecule has 0 bridgehead atoms. The van der Waals surface area contributed by atoms with Gasteiger partial charge in [0.15, 0.2) is 0 Å². The van der Waals surface area contributed by atoms with E-state index in [0.717, 1.165) is 40.3 Å². The molecule has 6 heteroatoms. The number of aromatic nitrogens is 1. The maximum absolute atomic E-state index is 11.8. The first kappa shape index (κ1) is 15.7. The highest BCUT2D eigenvalue weighted by atomic mass is 79.9. The summed E-state index contributed by atoms with van der Waals surface area (Å²) in [7, 11) is -2.96. The first-order chi connectivity index (χ1) is 10.4. The van der Waals surface area contributed by atoms with E-state index in [9.17, 15) is 8.42 Å². The van der Waals surface area contributed by atoms with Crippen LogP contribution in [0.25, 0.3) is 10.9 Å². The van der Waals surface area contributed by atoms with Crippen molar-refractivity contribution in [1.82, 2.24) is 4.98 Å². The van der Waals surface area contributed by atoms with Gasteiger partial charge in [0, 0.05) is 34.0 Å². The number of pyridine rings is 1. The number of sulfone groups is 1. The molecule has 1 aliphatic rings. The highest BCUT2D eigenvalue weighted by Crippen LogP contribution is 2.30. The van der Waals surface area contributed by atoms with Crippen molar-refractivity contribution in [3.63, 3.8) is 0 Å². The third kappa shape index (κ3) is 3.43. The third-order valence-electron chi connectivity index (χ3n) is 4.29. The topological polar surface area (TPSA) is 59.1 Å². The van der Waals surface area contributed by atoms with Gasteiger partial charge < -0.3 is 5.32 Å². The minimum Gasteiger partial charge on any atom is -0.382 e. The normalized spacial score (nSPS) is 22.6. The molecule has 22 heavy (non-hydrogen) atoms. The average molecular weight is 383 g/mol. The first-order valence-corrected chi connectivity index (χ1v) is 10.2. The number of nitrogens with one attached hydrogen (secondary N) is 1. The van der Waals surface area contributed by atoms with Gasteiger partial charge in [-0.05, 0) is 43.5 Å². The molecule has 1 saturated carbocycles. The highest BCUT2D eigenvalue weighted by molar-refractivity contribution is 9.10. The summed E-state index contributed by atoms with van der Waals surface area (Å²) in [6, 6.07) is 8.14. The van der Waals surface area contributed by atoms with Gasteiger partial charge in [-0.2, -0.15) is 0 Å². The zero-order chi connectivity index (χ0) is 15.7. The van der Waals surface area contributed by atoms with Gasteiger partial charge in [0.2, 0.25) is 0 Å². The van der Waals surface area contributed by atoms with Crippen LogP contribution >= 0.6 is 15.9 Å². The van der Waals surface area contributed by atoms with E-state index < -0.39 is 9.84 Å². The molecule has 2 atom stereocenters. The van der Waals surface area contributed by atoms with Crippen molar-refractivity contribution in [3.05, 3.63) is 34.9 Å². The molecule has 118 valence electrons. The SMILES string of the molecule is CS(=O)(=O)C1CCCC(Nc2ccnc3ccc(Br)cc23)C1. The van der Waals surface area contributed by atoms with Gasteiger partial charge in [0.1, 0.15) is 9.84 Å². The molecule has 0 amide bonds. The Kier molecular flexibility index (Phi) is 4.41. The summed E-state index contributed by atoms with van der Waals surface area (Å²) >= 11 is 3.49. The molecule has 1 heterocycles. The number of hydrogen-bond donors (Lipinski definition) is 1. The number of hydrogen-bond acceptors (Lipinski definition) is 4. The molecule has 1 aromatic carbocycles.